The van der Waals surface area contributed by atoms with Gasteiger partial charge in [-0.1, -0.05) is 6.07 Å². The molecule has 0 aromatic heterocycles. The summed E-state index contributed by atoms with van der Waals surface area (Å²) >= 11 is 0. The SMILES string of the molecule is CCN(C(=O)COC(=O)Cc1ccc(OC)c(OC)c1)[C@H]1CCS(=O)(=O)C1. The number of hydrogen-bond donors (Lipinski definition) is 0. The van der Waals surface area contributed by atoms with Crippen molar-refractivity contribution in [2.45, 2.75) is 25.8 Å². The molecule has 1 heterocycles. The molecule has 1 fully saturated rings. The van der Waals surface area contributed by atoms with Crippen LogP contribution in [0.15, 0.2) is 18.2 Å². The predicted octanol–water partition coefficient (Wildman–Crippen LogP) is 0.825. The highest BCUT2D eigenvalue weighted by Gasteiger charge is 2.34. The molecule has 0 bridgehead atoms. The summed E-state index contributed by atoms with van der Waals surface area (Å²) in [6.45, 7) is 1.73. The molecule has 0 spiro atoms. The van der Waals surface area contributed by atoms with Crippen LogP contribution >= 0.6 is 0 Å². The van der Waals surface area contributed by atoms with E-state index in [2.05, 4.69) is 0 Å². The van der Waals surface area contributed by atoms with Gasteiger partial charge in [0.1, 0.15) is 0 Å². The molecule has 0 aliphatic carbocycles. The Labute approximate surface area is 159 Å². The van der Waals surface area contributed by atoms with Crippen molar-refractivity contribution in [2.24, 2.45) is 0 Å². The first-order chi connectivity index (χ1) is 12.8. The fraction of sp³-hybridized carbons (Fsp3) is 0.556. The van der Waals surface area contributed by atoms with Crippen molar-refractivity contribution in [3.8, 4) is 11.5 Å². The van der Waals surface area contributed by atoms with Crippen LogP contribution in [0.25, 0.3) is 0 Å². The van der Waals surface area contributed by atoms with Crippen LogP contribution in [0, 0.1) is 0 Å². The smallest absolute Gasteiger partial charge is 0.310 e. The van der Waals surface area contributed by atoms with Gasteiger partial charge in [-0.05, 0) is 31.0 Å². The maximum Gasteiger partial charge on any atom is 0.310 e. The van der Waals surface area contributed by atoms with E-state index >= 15 is 0 Å². The van der Waals surface area contributed by atoms with E-state index in [1.54, 1.807) is 25.1 Å². The first-order valence-corrected chi connectivity index (χ1v) is 10.5. The van der Waals surface area contributed by atoms with Gasteiger partial charge in [-0.15, -0.1) is 0 Å². The molecule has 1 aliphatic heterocycles. The summed E-state index contributed by atoms with van der Waals surface area (Å²) in [5, 5.41) is 0. The molecular formula is C18H25NO7S. The number of rotatable bonds is 8. The fourth-order valence-corrected chi connectivity index (χ4v) is 4.82. The second kappa shape index (κ2) is 9.07. The number of ether oxygens (including phenoxy) is 3. The van der Waals surface area contributed by atoms with Gasteiger partial charge in [0.2, 0.25) is 0 Å². The second-order valence-electron chi connectivity index (χ2n) is 6.26. The lowest BCUT2D eigenvalue weighted by molar-refractivity contribution is -0.152. The van der Waals surface area contributed by atoms with Gasteiger partial charge in [-0.25, -0.2) is 8.42 Å². The standard InChI is InChI=1S/C18H25NO7S/c1-4-19(14-7-8-27(22,23)12-14)17(20)11-26-18(21)10-13-5-6-15(24-2)16(9-13)25-3/h5-6,9,14H,4,7-8,10-12H2,1-3H3/t14-/m0/s1. The number of esters is 1. The van der Waals surface area contributed by atoms with Gasteiger partial charge in [0.25, 0.3) is 5.91 Å². The van der Waals surface area contributed by atoms with E-state index < -0.39 is 22.4 Å². The lowest BCUT2D eigenvalue weighted by Gasteiger charge is -2.26. The molecule has 1 aliphatic rings. The summed E-state index contributed by atoms with van der Waals surface area (Å²) in [7, 11) is -0.0707. The van der Waals surface area contributed by atoms with E-state index in [9.17, 15) is 18.0 Å². The summed E-state index contributed by atoms with van der Waals surface area (Å²) in [6.07, 6.45) is 0.402. The monoisotopic (exact) mass is 399 g/mol. The average molecular weight is 399 g/mol. The van der Waals surface area contributed by atoms with E-state index in [0.717, 1.165) is 0 Å². The summed E-state index contributed by atoms with van der Waals surface area (Å²) in [5.74, 6) is 0.159. The number of methoxy groups -OCH3 is 2. The Morgan fingerprint density at radius 3 is 2.44 bits per heavy atom. The Hall–Kier alpha value is -2.29. The third-order valence-corrected chi connectivity index (χ3v) is 6.21. The molecule has 2 rings (SSSR count). The number of carbonyl (C=O) groups excluding carboxylic acids is 2. The molecule has 1 aromatic rings. The highest BCUT2D eigenvalue weighted by molar-refractivity contribution is 7.91. The molecule has 150 valence electrons. The van der Waals surface area contributed by atoms with E-state index in [0.29, 0.717) is 30.0 Å². The molecule has 1 amide bonds. The predicted molar refractivity (Wildman–Crippen MR) is 98.7 cm³/mol. The van der Waals surface area contributed by atoms with Gasteiger partial charge in [0, 0.05) is 12.6 Å². The number of nitrogens with zero attached hydrogens (tertiary/aromatic N) is 1. The fourth-order valence-electron chi connectivity index (χ4n) is 3.09. The molecule has 1 saturated heterocycles. The summed E-state index contributed by atoms with van der Waals surface area (Å²) in [4.78, 5) is 25.8. The van der Waals surface area contributed by atoms with Crippen LogP contribution in [-0.4, -0.2) is 70.1 Å². The molecule has 0 saturated carbocycles. The Kier molecular flexibility index (Phi) is 7.06. The average Bonchev–Trinajstić information content (AvgIpc) is 3.00. The molecule has 8 nitrogen and oxygen atoms in total. The number of benzene rings is 1. The third kappa shape index (κ3) is 5.59. The second-order valence-corrected chi connectivity index (χ2v) is 8.49. The normalized spacial score (nSPS) is 18.0. The van der Waals surface area contributed by atoms with Crippen molar-refractivity contribution < 1.29 is 32.2 Å². The van der Waals surface area contributed by atoms with E-state index in [-0.39, 0.29) is 29.9 Å². The minimum absolute atomic E-state index is 0.0163. The highest BCUT2D eigenvalue weighted by Crippen LogP contribution is 2.27. The Morgan fingerprint density at radius 1 is 1.19 bits per heavy atom. The summed E-state index contributed by atoms with van der Waals surface area (Å²) < 4.78 is 38.6. The summed E-state index contributed by atoms with van der Waals surface area (Å²) in [6, 6.07) is 4.72. The lowest BCUT2D eigenvalue weighted by atomic mass is 10.1. The molecular weight excluding hydrogens is 374 g/mol. The van der Waals surface area contributed by atoms with Gasteiger partial charge in [0.05, 0.1) is 32.1 Å². The van der Waals surface area contributed by atoms with Crippen molar-refractivity contribution in [1.29, 1.82) is 0 Å². The number of sulfone groups is 1. The van der Waals surface area contributed by atoms with Gasteiger partial charge < -0.3 is 19.1 Å². The quantitative estimate of drug-likeness (QED) is 0.597. The van der Waals surface area contributed by atoms with Crippen LogP contribution in [0.4, 0.5) is 0 Å². The molecule has 0 N–H and O–H groups in total. The molecule has 27 heavy (non-hydrogen) atoms. The molecule has 0 unspecified atom stereocenters. The van der Waals surface area contributed by atoms with Crippen molar-refractivity contribution in [3.63, 3.8) is 0 Å². The number of amides is 1. The van der Waals surface area contributed by atoms with E-state index in [4.69, 9.17) is 14.2 Å². The topological polar surface area (TPSA) is 99.2 Å². The third-order valence-electron chi connectivity index (χ3n) is 4.46. The van der Waals surface area contributed by atoms with Crippen LogP contribution in [-0.2, 0) is 30.6 Å². The number of carbonyl (C=O) groups is 2. The Morgan fingerprint density at radius 2 is 1.89 bits per heavy atom. The van der Waals surface area contributed by atoms with Crippen molar-refractivity contribution in [2.75, 3.05) is 38.9 Å². The van der Waals surface area contributed by atoms with Crippen LogP contribution in [0.5, 0.6) is 11.5 Å². The van der Waals surface area contributed by atoms with Gasteiger partial charge in [-0.2, -0.15) is 0 Å². The molecule has 9 heteroatoms. The van der Waals surface area contributed by atoms with Gasteiger partial charge in [-0.3, -0.25) is 9.59 Å². The van der Waals surface area contributed by atoms with Crippen molar-refractivity contribution in [3.05, 3.63) is 23.8 Å². The first kappa shape index (κ1) is 21.0. The minimum Gasteiger partial charge on any atom is -0.493 e. The van der Waals surface area contributed by atoms with Crippen LogP contribution < -0.4 is 9.47 Å². The minimum atomic E-state index is -3.09. The zero-order valence-corrected chi connectivity index (χ0v) is 16.6. The van der Waals surface area contributed by atoms with Crippen LogP contribution in [0.1, 0.15) is 18.9 Å². The Bertz CT molecular complexity index is 791. The van der Waals surface area contributed by atoms with E-state index in [1.807, 2.05) is 0 Å². The largest absolute Gasteiger partial charge is 0.493 e. The number of likely N-dealkylation sites (N-methyl/N-ethyl adjacent to an activating group) is 1. The van der Waals surface area contributed by atoms with Crippen molar-refractivity contribution >= 4 is 21.7 Å². The van der Waals surface area contributed by atoms with Crippen LogP contribution in [0.2, 0.25) is 0 Å². The first-order valence-electron chi connectivity index (χ1n) is 8.66. The lowest BCUT2D eigenvalue weighted by Crippen LogP contribution is -2.43. The van der Waals surface area contributed by atoms with Crippen LogP contribution in [0.3, 0.4) is 0 Å². The van der Waals surface area contributed by atoms with Crippen molar-refractivity contribution in [1.82, 2.24) is 4.90 Å². The maximum absolute atomic E-state index is 12.3. The number of hydrogen-bond acceptors (Lipinski definition) is 7. The Balaban J connectivity index is 1.90. The molecule has 0 radical (unpaired) electrons. The van der Waals surface area contributed by atoms with E-state index in [1.165, 1.54) is 19.1 Å². The zero-order valence-electron chi connectivity index (χ0n) is 15.8. The molecule has 1 aromatic carbocycles. The zero-order chi connectivity index (χ0) is 20.0. The summed E-state index contributed by atoms with van der Waals surface area (Å²) in [5.41, 5.74) is 0.666. The van der Waals surface area contributed by atoms with Gasteiger partial charge >= 0.3 is 5.97 Å². The van der Waals surface area contributed by atoms with Gasteiger partial charge in [0.15, 0.2) is 27.9 Å². The highest BCUT2D eigenvalue weighted by atomic mass is 32.2. The maximum atomic E-state index is 12.3. The molecule has 1 atom stereocenters.